The molecule has 2 N–H and O–H groups in total. The van der Waals surface area contributed by atoms with Crippen molar-refractivity contribution in [1.29, 1.82) is 0 Å². The second-order valence-electron chi connectivity index (χ2n) is 10.2. The molecule has 2 aromatic carbocycles. The van der Waals surface area contributed by atoms with Gasteiger partial charge in [0.2, 0.25) is 5.91 Å². The van der Waals surface area contributed by atoms with Crippen molar-refractivity contribution in [2.24, 2.45) is 11.8 Å². The Hall–Kier alpha value is -3.94. The maximum atomic E-state index is 13.5. The number of aryl methyl sites for hydroxylation is 1. The molecular weight excluding hydrogens is 468 g/mol. The molecule has 1 aromatic heterocycles. The molecule has 0 radical (unpaired) electrons. The highest BCUT2D eigenvalue weighted by atomic mass is 16.4. The van der Waals surface area contributed by atoms with Crippen molar-refractivity contribution >= 4 is 29.3 Å². The van der Waals surface area contributed by atoms with Crippen LogP contribution in [0.15, 0.2) is 54.7 Å². The Morgan fingerprint density at radius 3 is 2.32 bits per heavy atom. The van der Waals surface area contributed by atoms with Gasteiger partial charge in [0, 0.05) is 29.4 Å². The van der Waals surface area contributed by atoms with Gasteiger partial charge in [-0.2, -0.15) is 0 Å². The number of amides is 2. The van der Waals surface area contributed by atoms with Crippen molar-refractivity contribution in [3.8, 4) is 5.69 Å². The minimum atomic E-state index is -1.14. The van der Waals surface area contributed by atoms with E-state index in [2.05, 4.69) is 17.3 Å². The van der Waals surface area contributed by atoms with Gasteiger partial charge in [0.1, 0.15) is 5.56 Å². The number of nitrogens with zero attached hydrogens (tertiary/aromatic N) is 3. The predicted octanol–water partition coefficient (Wildman–Crippen LogP) is 5.70. The summed E-state index contributed by atoms with van der Waals surface area (Å²) in [7, 11) is 0. The van der Waals surface area contributed by atoms with Crippen LogP contribution in [0.3, 0.4) is 0 Å². The van der Waals surface area contributed by atoms with Gasteiger partial charge in [-0.25, -0.2) is 9.48 Å². The van der Waals surface area contributed by atoms with Crippen LogP contribution in [0.5, 0.6) is 0 Å². The van der Waals surface area contributed by atoms with Crippen LogP contribution in [0.4, 0.5) is 11.5 Å². The summed E-state index contributed by atoms with van der Waals surface area (Å²) in [5.41, 5.74) is 2.76. The topological polar surface area (TPSA) is 105 Å². The second kappa shape index (κ2) is 11.0. The molecule has 37 heavy (non-hydrogen) atoms. The maximum absolute atomic E-state index is 13.5. The first-order valence-electron chi connectivity index (χ1n) is 12.8. The highest BCUT2D eigenvalue weighted by molar-refractivity contribution is 6.04. The maximum Gasteiger partial charge on any atom is 0.341 e. The van der Waals surface area contributed by atoms with E-state index >= 15 is 0 Å². The van der Waals surface area contributed by atoms with E-state index in [0.717, 1.165) is 31.2 Å². The number of anilines is 2. The second-order valence-corrected chi connectivity index (χ2v) is 10.2. The summed E-state index contributed by atoms with van der Waals surface area (Å²) in [6.07, 6.45) is 5.04. The molecule has 8 heteroatoms. The highest BCUT2D eigenvalue weighted by Crippen LogP contribution is 2.32. The standard InChI is InChI=1S/C29H34N4O4/c1-18(2)33(28(35)21-10-8-19(3)9-11-21)26-25(29(36)37)17-32(31-26)24-14-12-23(13-15-24)30-27(34)22-7-5-6-20(4)16-22/h5-7,12-19,21H,8-11H2,1-4H3,(H,30,34)(H,36,37)/t19-,21-. The van der Waals surface area contributed by atoms with Crippen molar-refractivity contribution in [3.05, 3.63) is 71.4 Å². The van der Waals surface area contributed by atoms with Crippen LogP contribution < -0.4 is 10.2 Å². The zero-order valence-electron chi connectivity index (χ0n) is 21.8. The fourth-order valence-electron chi connectivity index (χ4n) is 4.82. The first-order chi connectivity index (χ1) is 17.6. The van der Waals surface area contributed by atoms with Crippen LogP contribution in [0.1, 0.15) is 72.7 Å². The number of carbonyl (C=O) groups is 3. The molecule has 1 fully saturated rings. The number of nitrogens with one attached hydrogen (secondary N) is 1. The summed E-state index contributed by atoms with van der Waals surface area (Å²) in [6, 6.07) is 14.1. The molecule has 0 bridgehead atoms. The SMILES string of the molecule is Cc1cccc(C(=O)Nc2ccc(-n3cc(C(=O)O)c(N(C(=O)[C@H]4CC[C@H](C)CC4)C(C)C)n3)cc2)c1. The summed E-state index contributed by atoms with van der Waals surface area (Å²) < 4.78 is 1.47. The molecule has 8 nitrogen and oxygen atoms in total. The molecule has 1 aliphatic carbocycles. The number of benzene rings is 2. The number of carbonyl (C=O) groups excluding carboxylic acids is 2. The van der Waals surface area contributed by atoms with Crippen LogP contribution in [0, 0.1) is 18.8 Å². The lowest BCUT2D eigenvalue weighted by molar-refractivity contribution is -0.124. The zero-order valence-corrected chi connectivity index (χ0v) is 21.8. The van der Waals surface area contributed by atoms with E-state index in [0.29, 0.717) is 22.9 Å². The summed E-state index contributed by atoms with van der Waals surface area (Å²) in [6.45, 7) is 7.88. The van der Waals surface area contributed by atoms with E-state index in [-0.39, 0.29) is 35.2 Å². The molecule has 4 rings (SSSR count). The molecule has 1 aliphatic rings. The van der Waals surface area contributed by atoms with Gasteiger partial charge in [0.05, 0.1) is 5.69 Å². The van der Waals surface area contributed by atoms with E-state index < -0.39 is 5.97 Å². The highest BCUT2D eigenvalue weighted by Gasteiger charge is 2.34. The molecule has 0 aliphatic heterocycles. The number of aromatic nitrogens is 2. The summed E-state index contributed by atoms with van der Waals surface area (Å²) in [5.74, 6) is -0.781. The third kappa shape index (κ3) is 5.90. The molecule has 0 unspecified atom stereocenters. The van der Waals surface area contributed by atoms with Crippen molar-refractivity contribution in [1.82, 2.24) is 9.78 Å². The van der Waals surface area contributed by atoms with Gasteiger partial charge in [0.15, 0.2) is 5.82 Å². The lowest BCUT2D eigenvalue weighted by Gasteiger charge is -2.32. The van der Waals surface area contributed by atoms with Gasteiger partial charge in [-0.05, 0) is 88.8 Å². The van der Waals surface area contributed by atoms with E-state index in [4.69, 9.17) is 0 Å². The Labute approximate surface area is 217 Å². The molecule has 194 valence electrons. The van der Waals surface area contributed by atoms with Crippen molar-refractivity contribution in [3.63, 3.8) is 0 Å². The molecule has 1 heterocycles. The first kappa shape index (κ1) is 26.1. The number of carboxylic acid groups (broad SMARTS) is 1. The lowest BCUT2D eigenvalue weighted by atomic mass is 9.82. The average Bonchev–Trinajstić information content (AvgIpc) is 3.30. The smallest absolute Gasteiger partial charge is 0.341 e. The van der Waals surface area contributed by atoms with E-state index in [1.165, 1.54) is 15.8 Å². The van der Waals surface area contributed by atoms with Crippen LogP contribution >= 0.6 is 0 Å². The number of rotatable bonds is 7. The van der Waals surface area contributed by atoms with Gasteiger partial charge in [-0.15, -0.1) is 5.10 Å². The number of hydrogen-bond acceptors (Lipinski definition) is 4. The Morgan fingerprint density at radius 2 is 1.73 bits per heavy atom. The Morgan fingerprint density at radius 1 is 1.05 bits per heavy atom. The molecular formula is C29H34N4O4. The Kier molecular flexibility index (Phi) is 7.76. The molecule has 0 atom stereocenters. The lowest BCUT2D eigenvalue weighted by Crippen LogP contribution is -2.43. The minimum Gasteiger partial charge on any atom is -0.477 e. The molecule has 0 saturated heterocycles. The van der Waals surface area contributed by atoms with Gasteiger partial charge in [0.25, 0.3) is 5.91 Å². The van der Waals surface area contributed by atoms with Crippen molar-refractivity contribution in [2.75, 3.05) is 10.2 Å². The minimum absolute atomic E-state index is 0.0249. The largest absolute Gasteiger partial charge is 0.477 e. The third-order valence-electron chi connectivity index (χ3n) is 6.94. The average molecular weight is 503 g/mol. The monoisotopic (exact) mass is 502 g/mol. The van der Waals surface area contributed by atoms with E-state index in [1.54, 1.807) is 30.3 Å². The van der Waals surface area contributed by atoms with Gasteiger partial charge < -0.3 is 10.4 Å². The Balaban J connectivity index is 1.58. The van der Waals surface area contributed by atoms with Gasteiger partial charge in [-0.1, -0.05) is 24.6 Å². The number of aromatic carboxylic acids is 1. The fourth-order valence-corrected chi connectivity index (χ4v) is 4.82. The van der Waals surface area contributed by atoms with E-state index in [1.807, 2.05) is 39.0 Å². The van der Waals surface area contributed by atoms with Crippen LogP contribution in [-0.4, -0.2) is 38.7 Å². The van der Waals surface area contributed by atoms with Crippen LogP contribution in [0.2, 0.25) is 0 Å². The molecule has 2 amide bonds. The Bertz CT molecular complexity index is 1290. The summed E-state index contributed by atoms with van der Waals surface area (Å²) in [4.78, 5) is 39.7. The summed E-state index contributed by atoms with van der Waals surface area (Å²) in [5, 5.41) is 17.3. The van der Waals surface area contributed by atoms with Gasteiger partial charge >= 0.3 is 5.97 Å². The van der Waals surface area contributed by atoms with E-state index in [9.17, 15) is 19.5 Å². The summed E-state index contributed by atoms with van der Waals surface area (Å²) >= 11 is 0. The zero-order chi connectivity index (χ0) is 26.7. The molecule has 3 aromatic rings. The molecule has 0 spiro atoms. The number of carboxylic acids is 1. The van der Waals surface area contributed by atoms with Crippen molar-refractivity contribution < 1.29 is 19.5 Å². The number of hydrogen-bond donors (Lipinski definition) is 2. The van der Waals surface area contributed by atoms with Crippen molar-refractivity contribution in [2.45, 2.75) is 59.4 Å². The fraction of sp³-hybridized carbons (Fsp3) is 0.379. The first-order valence-corrected chi connectivity index (χ1v) is 12.8. The third-order valence-corrected chi connectivity index (χ3v) is 6.94. The normalized spacial score (nSPS) is 17.4. The quantitative estimate of drug-likeness (QED) is 0.431. The predicted molar refractivity (Wildman–Crippen MR) is 143 cm³/mol. The van der Waals surface area contributed by atoms with Crippen LogP contribution in [-0.2, 0) is 4.79 Å². The molecule has 1 saturated carbocycles. The van der Waals surface area contributed by atoms with Crippen LogP contribution in [0.25, 0.3) is 5.69 Å². The van der Waals surface area contributed by atoms with Gasteiger partial charge in [-0.3, -0.25) is 14.5 Å².